The van der Waals surface area contributed by atoms with Crippen molar-refractivity contribution in [3.05, 3.63) is 29.8 Å². The number of nitrogens with one attached hydrogen (secondary N) is 3. The van der Waals surface area contributed by atoms with E-state index in [0.717, 1.165) is 37.7 Å². The summed E-state index contributed by atoms with van der Waals surface area (Å²) < 4.78 is 10.8. The van der Waals surface area contributed by atoms with E-state index in [0.29, 0.717) is 18.8 Å². The minimum atomic E-state index is -0.123. The van der Waals surface area contributed by atoms with Crippen LogP contribution in [0, 0.1) is 0 Å². The minimum Gasteiger partial charge on any atom is -0.484 e. The van der Waals surface area contributed by atoms with Crippen LogP contribution in [0.5, 0.6) is 5.75 Å². The summed E-state index contributed by atoms with van der Waals surface area (Å²) in [7, 11) is 1.74. The van der Waals surface area contributed by atoms with Gasteiger partial charge in [-0.1, -0.05) is 12.1 Å². The van der Waals surface area contributed by atoms with Crippen LogP contribution in [0.4, 0.5) is 0 Å². The predicted molar refractivity (Wildman–Crippen MR) is 99.9 cm³/mol. The van der Waals surface area contributed by atoms with Gasteiger partial charge in [0.15, 0.2) is 12.6 Å². The van der Waals surface area contributed by atoms with Gasteiger partial charge in [0, 0.05) is 39.9 Å². The molecule has 0 spiro atoms. The first-order chi connectivity index (χ1) is 12.2. The molecule has 25 heavy (non-hydrogen) atoms. The fraction of sp³-hybridized carbons (Fsp3) is 0.556. The molecule has 0 aliphatic rings. The van der Waals surface area contributed by atoms with Crippen LogP contribution in [0.3, 0.4) is 0 Å². The number of nitrogens with zero attached hydrogens (tertiary/aromatic N) is 1. The normalized spacial score (nSPS) is 11.1. The number of aliphatic imine (C=N–C) groups is 1. The summed E-state index contributed by atoms with van der Waals surface area (Å²) in [5.74, 6) is 1.29. The number of hydrogen-bond acceptors (Lipinski definition) is 4. The number of rotatable bonds is 11. The fourth-order valence-corrected chi connectivity index (χ4v) is 2.07. The highest BCUT2D eigenvalue weighted by Gasteiger charge is 2.03. The number of likely N-dealkylation sites (N-methyl/N-ethyl adjacent to an activating group) is 1. The number of benzene rings is 1. The van der Waals surface area contributed by atoms with Crippen molar-refractivity contribution < 1.29 is 14.3 Å². The molecular weight excluding hydrogens is 320 g/mol. The Labute approximate surface area is 150 Å². The molecule has 7 heteroatoms. The summed E-state index contributed by atoms with van der Waals surface area (Å²) in [5, 5.41) is 9.20. The van der Waals surface area contributed by atoms with Gasteiger partial charge in [0.05, 0.1) is 0 Å². The SMILES string of the molecule is CCNC(=O)COc1cccc(CNC(=NC)NCCCOCC)c1. The Hall–Kier alpha value is -2.28. The zero-order chi connectivity index (χ0) is 18.3. The highest BCUT2D eigenvalue weighted by molar-refractivity contribution is 5.79. The minimum absolute atomic E-state index is 0.0216. The molecule has 1 aromatic carbocycles. The Morgan fingerprint density at radius 3 is 2.76 bits per heavy atom. The van der Waals surface area contributed by atoms with Crippen molar-refractivity contribution in [1.29, 1.82) is 0 Å². The van der Waals surface area contributed by atoms with E-state index in [1.807, 2.05) is 38.1 Å². The van der Waals surface area contributed by atoms with Gasteiger partial charge >= 0.3 is 0 Å². The molecule has 7 nitrogen and oxygen atoms in total. The quantitative estimate of drug-likeness (QED) is 0.318. The summed E-state index contributed by atoms with van der Waals surface area (Å²) >= 11 is 0. The Morgan fingerprint density at radius 2 is 2.04 bits per heavy atom. The molecule has 140 valence electrons. The van der Waals surface area contributed by atoms with Crippen molar-refractivity contribution in [2.45, 2.75) is 26.8 Å². The molecule has 0 saturated carbocycles. The van der Waals surface area contributed by atoms with Gasteiger partial charge in [-0.3, -0.25) is 9.79 Å². The topological polar surface area (TPSA) is 84.0 Å². The monoisotopic (exact) mass is 350 g/mol. The highest BCUT2D eigenvalue weighted by atomic mass is 16.5. The van der Waals surface area contributed by atoms with Gasteiger partial charge in [0.1, 0.15) is 5.75 Å². The average molecular weight is 350 g/mol. The van der Waals surface area contributed by atoms with Crippen LogP contribution < -0.4 is 20.7 Å². The van der Waals surface area contributed by atoms with Crippen molar-refractivity contribution in [2.24, 2.45) is 4.99 Å². The van der Waals surface area contributed by atoms with Crippen LogP contribution in [0.1, 0.15) is 25.8 Å². The zero-order valence-corrected chi connectivity index (χ0v) is 15.4. The van der Waals surface area contributed by atoms with Gasteiger partial charge < -0.3 is 25.4 Å². The molecule has 1 amide bonds. The highest BCUT2D eigenvalue weighted by Crippen LogP contribution is 2.13. The number of carbonyl (C=O) groups excluding carboxylic acids is 1. The van der Waals surface area contributed by atoms with Crippen LogP contribution in [-0.2, 0) is 16.1 Å². The van der Waals surface area contributed by atoms with Gasteiger partial charge in [0.2, 0.25) is 0 Å². The first kappa shape index (κ1) is 20.8. The van der Waals surface area contributed by atoms with Crippen molar-refractivity contribution >= 4 is 11.9 Å². The standard InChI is InChI=1S/C18H30N4O3/c1-4-20-17(23)14-25-16-9-6-8-15(12-16)13-22-18(19-3)21-10-7-11-24-5-2/h6,8-9,12H,4-5,7,10-11,13-14H2,1-3H3,(H,20,23)(H2,19,21,22). The smallest absolute Gasteiger partial charge is 0.257 e. The van der Waals surface area contributed by atoms with Crippen molar-refractivity contribution in [3.8, 4) is 5.75 Å². The van der Waals surface area contributed by atoms with Gasteiger partial charge in [0.25, 0.3) is 5.91 Å². The van der Waals surface area contributed by atoms with E-state index in [1.54, 1.807) is 7.05 Å². The third-order valence-electron chi connectivity index (χ3n) is 3.29. The number of guanidine groups is 1. The molecule has 0 heterocycles. The van der Waals surface area contributed by atoms with E-state index in [1.165, 1.54) is 0 Å². The number of amides is 1. The lowest BCUT2D eigenvalue weighted by Crippen LogP contribution is -2.37. The summed E-state index contributed by atoms with van der Waals surface area (Å²) in [4.78, 5) is 15.6. The van der Waals surface area contributed by atoms with Crippen LogP contribution in [0.2, 0.25) is 0 Å². The molecule has 0 saturated heterocycles. The second-order valence-corrected chi connectivity index (χ2v) is 5.29. The molecule has 3 N–H and O–H groups in total. The molecule has 0 fully saturated rings. The summed E-state index contributed by atoms with van der Waals surface area (Å²) in [6.45, 7) is 7.39. The van der Waals surface area contributed by atoms with E-state index < -0.39 is 0 Å². The number of carbonyl (C=O) groups is 1. The first-order valence-electron chi connectivity index (χ1n) is 8.70. The maximum Gasteiger partial charge on any atom is 0.257 e. The van der Waals surface area contributed by atoms with Crippen LogP contribution in [0.25, 0.3) is 0 Å². The Morgan fingerprint density at radius 1 is 1.20 bits per heavy atom. The second kappa shape index (κ2) is 13.1. The predicted octanol–water partition coefficient (Wildman–Crippen LogP) is 1.29. The average Bonchev–Trinajstić information content (AvgIpc) is 2.63. The molecule has 1 rings (SSSR count). The largest absolute Gasteiger partial charge is 0.484 e. The molecule has 1 aromatic rings. The van der Waals surface area contributed by atoms with Crippen molar-refractivity contribution in [3.63, 3.8) is 0 Å². The third kappa shape index (κ3) is 9.56. The Balaban J connectivity index is 2.37. The van der Waals surface area contributed by atoms with E-state index in [9.17, 15) is 4.79 Å². The molecule has 0 aliphatic carbocycles. The zero-order valence-electron chi connectivity index (χ0n) is 15.4. The van der Waals surface area contributed by atoms with E-state index in [-0.39, 0.29) is 12.5 Å². The molecule has 0 bridgehead atoms. The Bertz CT molecular complexity index is 535. The second-order valence-electron chi connectivity index (χ2n) is 5.29. The van der Waals surface area contributed by atoms with Crippen molar-refractivity contribution in [1.82, 2.24) is 16.0 Å². The fourth-order valence-electron chi connectivity index (χ4n) is 2.07. The molecule has 0 aliphatic heterocycles. The summed E-state index contributed by atoms with van der Waals surface area (Å²) in [6.07, 6.45) is 0.928. The maximum atomic E-state index is 11.4. The van der Waals surface area contributed by atoms with E-state index >= 15 is 0 Å². The lowest BCUT2D eigenvalue weighted by Gasteiger charge is -2.13. The van der Waals surface area contributed by atoms with Gasteiger partial charge in [-0.25, -0.2) is 0 Å². The van der Waals surface area contributed by atoms with Crippen molar-refractivity contribution in [2.75, 3.05) is 40.0 Å². The van der Waals surface area contributed by atoms with E-state index in [2.05, 4.69) is 20.9 Å². The first-order valence-corrected chi connectivity index (χ1v) is 8.70. The molecule has 0 radical (unpaired) electrons. The molecule has 0 atom stereocenters. The van der Waals surface area contributed by atoms with Gasteiger partial charge in [-0.2, -0.15) is 0 Å². The van der Waals surface area contributed by atoms with Gasteiger partial charge in [-0.05, 0) is 38.0 Å². The van der Waals surface area contributed by atoms with Gasteiger partial charge in [-0.15, -0.1) is 0 Å². The van der Waals surface area contributed by atoms with Crippen LogP contribution in [0.15, 0.2) is 29.3 Å². The van der Waals surface area contributed by atoms with Crippen LogP contribution >= 0.6 is 0 Å². The lowest BCUT2D eigenvalue weighted by atomic mass is 10.2. The van der Waals surface area contributed by atoms with E-state index in [4.69, 9.17) is 9.47 Å². The molecule has 0 aromatic heterocycles. The lowest BCUT2D eigenvalue weighted by molar-refractivity contribution is -0.122. The third-order valence-corrected chi connectivity index (χ3v) is 3.29. The summed E-state index contributed by atoms with van der Waals surface area (Å²) in [6, 6.07) is 7.65. The number of hydrogen-bond donors (Lipinski definition) is 3. The maximum absolute atomic E-state index is 11.4. The summed E-state index contributed by atoms with van der Waals surface area (Å²) in [5.41, 5.74) is 1.05. The molecule has 0 unspecified atom stereocenters. The Kier molecular flexibility index (Phi) is 10.8. The van der Waals surface area contributed by atoms with Crippen LogP contribution in [-0.4, -0.2) is 51.8 Å². The number of ether oxygens (including phenoxy) is 2. The molecular formula is C18H30N4O3.